The molecule has 0 aromatic carbocycles. The summed E-state index contributed by atoms with van der Waals surface area (Å²) in [7, 11) is -14.2. The second-order valence-corrected chi connectivity index (χ2v) is 9.89. The molecule has 0 aliphatic heterocycles. The summed E-state index contributed by atoms with van der Waals surface area (Å²) in [4.78, 5) is 52.6. The van der Waals surface area contributed by atoms with Gasteiger partial charge >= 0.3 is 22.8 Å². The number of hydrogen-bond donors (Lipinski definition) is 6. The lowest BCUT2D eigenvalue weighted by Gasteiger charge is -2.21. The molecule has 0 amide bonds. The highest BCUT2D eigenvalue weighted by molar-refractivity contribution is 7.70. The van der Waals surface area contributed by atoms with Crippen LogP contribution in [0.4, 0.5) is 0 Å². The van der Waals surface area contributed by atoms with Gasteiger partial charge in [0.25, 0.3) is 0 Å². The molecule has 6 N–H and O–H groups in total. The van der Waals surface area contributed by atoms with Crippen LogP contribution in [0.15, 0.2) is 0 Å². The van der Waals surface area contributed by atoms with Gasteiger partial charge in [-0.05, 0) is 18.8 Å². The molecule has 0 saturated carbocycles. The molecule has 0 saturated heterocycles. The lowest BCUT2D eigenvalue weighted by molar-refractivity contribution is 0.330. The van der Waals surface area contributed by atoms with Crippen LogP contribution in [0.1, 0.15) is 19.8 Å². The largest absolute Gasteiger partial charge is 0.340 e. The Morgan fingerprint density at radius 3 is 1.50 bits per heavy atom. The average Bonchev–Trinajstić information content (AvgIpc) is 1.93. The van der Waals surface area contributed by atoms with Crippen molar-refractivity contribution in [1.82, 2.24) is 0 Å². The SMILES string of the molecule is CC(CCC(P(=O)(O)O)P(=O)(O)O)CP(=O)(O)O. The highest BCUT2D eigenvalue weighted by atomic mass is 31.2. The summed E-state index contributed by atoms with van der Waals surface area (Å²) in [5, 5.41) is -2.12. The van der Waals surface area contributed by atoms with Gasteiger partial charge in [0, 0.05) is 0 Å². The van der Waals surface area contributed by atoms with E-state index in [0.29, 0.717) is 0 Å². The van der Waals surface area contributed by atoms with Gasteiger partial charge in [-0.15, -0.1) is 0 Å². The van der Waals surface area contributed by atoms with Gasteiger partial charge in [0.05, 0.1) is 6.16 Å². The van der Waals surface area contributed by atoms with E-state index < -0.39 is 46.7 Å². The van der Waals surface area contributed by atoms with Gasteiger partial charge in [-0.2, -0.15) is 0 Å². The van der Waals surface area contributed by atoms with Crippen molar-refractivity contribution in [2.24, 2.45) is 5.92 Å². The quantitative estimate of drug-likeness (QED) is 0.359. The van der Waals surface area contributed by atoms with E-state index in [0.717, 1.165) is 0 Å². The molecule has 0 spiro atoms. The molecule has 0 aromatic heterocycles. The van der Waals surface area contributed by atoms with Crippen molar-refractivity contribution in [1.29, 1.82) is 0 Å². The summed E-state index contributed by atoms with van der Waals surface area (Å²) >= 11 is 0. The highest BCUT2D eigenvalue weighted by Crippen LogP contribution is 2.61. The van der Waals surface area contributed by atoms with Crippen LogP contribution < -0.4 is 0 Å². The van der Waals surface area contributed by atoms with Crippen molar-refractivity contribution in [3.8, 4) is 0 Å². The molecule has 0 aliphatic rings. The number of hydrogen-bond acceptors (Lipinski definition) is 3. The highest BCUT2D eigenvalue weighted by Gasteiger charge is 2.43. The molecule has 110 valence electrons. The molecule has 0 aromatic rings. The monoisotopic (exact) mass is 326 g/mol. The molecule has 9 nitrogen and oxygen atoms in total. The molecule has 0 bridgehead atoms. The molecule has 0 rings (SSSR count). The molecule has 0 heterocycles. The molecular weight excluding hydrogens is 309 g/mol. The molecular formula is C6H17O9P3. The maximum atomic E-state index is 10.9. The van der Waals surface area contributed by atoms with E-state index in [1.54, 1.807) is 0 Å². The van der Waals surface area contributed by atoms with Crippen molar-refractivity contribution >= 4 is 22.8 Å². The van der Waals surface area contributed by atoms with Gasteiger partial charge in [-0.1, -0.05) is 6.92 Å². The van der Waals surface area contributed by atoms with Crippen molar-refractivity contribution in [2.45, 2.75) is 25.2 Å². The third-order valence-electron chi connectivity index (χ3n) is 2.24. The first kappa shape index (κ1) is 18.4. The zero-order valence-corrected chi connectivity index (χ0v) is 12.2. The third kappa shape index (κ3) is 7.79. The van der Waals surface area contributed by atoms with E-state index >= 15 is 0 Å². The summed E-state index contributed by atoms with van der Waals surface area (Å²) < 4.78 is 32.5. The normalized spacial score (nSPS) is 16.0. The standard InChI is InChI=1S/C6H17O9P3/c1-5(4-16(7,8)9)2-3-6(17(10,11)12)18(13,14)15/h5-6H,2-4H2,1H3,(H2,7,8,9)(H2,10,11,12)(H2,13,14,15). The van der Waals surface area contributed by atoms with Crippen molar-refractivity contribution in [3.05, 3.63) is 0 Å². The molecule has 18 heavy (non-hydrogen) atoms. The predicted molar refractivity (Wildman–Crippen MR) is 63.2 cm³/mol. The van der Waals surface area contributed by atoms with E-state index in [4.69, 9.17) is 29.4 Å². The Morgan fingerprint density at radius 1 is 0.833 bits per heavy atom. The lowest BCUT2D eigenvalue weighted by atomic mass is 10.1. The molecule has 1 atom stereocenters. The van der Waals surface area contributed by atoms with E-state index in [1.165, 1.54) is 6.92 Å². The van der Waals surface area contributed by atoms with Crippen LogP contribution in [-0.2, 0) is 13.7 Å². The van der Waals surface area contributed by atoms with Crippen LogP contribution in [0.3, 0.4) is 0 Å². The van der Waals surface area contributed by atoms with Crippen LogP contribution in [0.5, 0.6) is 0 Å². The maximum Gasteiger partial charge on any atom is 0.340 e. The van der Waals surface area contributed by atoms with Crippen LogP contribution >= 0.6 is 22.8 Å². The smallest absolute Gasteiger partial charge is 0.324 e. The Hall–Kier alpha value is 0.450. The minimum Gasteiger partial charge on any atom is -0.324 e. The summed E-state index contributed by atoms with van der Waals surface area (Å²) in [6, 6.07) is 0. The zero-order chi connectivity index (χ0) is 14.8. The minimum atomic E-state index is -4.96. The van der Waals surface area contributed by atoms with Crippen LogP contribution in [0.2, 0.25) is 0 Å². The number of rotatable bonds is 7. The average molecular weight is 326 g/mol. The Labute approximate surface area is 104 Å². The second-order valence-electron chi connectivity index (χ2n) is 4.19. The summed E-state index contributed by atoms with van der Waals surface area (Å²) in [6.07, 6.45) is -1.11. The van der Waals surface area contributed by atoms with Crippen molar-refractivity contribution < 1.29 is 43.1 Å². The Kier molecular flexibility index (Phi) is 6.42. The Morgan fingerprint density at radius 2 is 1.22 bits per heavy atom. The first-order valence-corrected chi connectivity index (χ1v) is 10.0. The fourth-order valence-corrected chi connectivity index (χ4v) is 5.00. The first-order valence-electron chi connectivity index (χ1n) is 4.88. The fourth-order valence-electron chi connectivity index (χ4n) is 1.46. The van der Waals surface area contributed by atoms with E-state index in [1.807, 2.05) is 0 Å². The van der Waals surface area contributed by atoms with E-state index in [-0.39, 0.29) is 6.42 Å². The topological polar surface area (TPSA) is 173 Å². The molecule has 0 fully saturated rings. The van der Waals surface area contributed by atoms with Crippen LogP contribution in [0.25, 0.3) is 0 Å². The van der Waals surface area contributed by atoms with Crippen LogP contribution in [0, 0.1) is 5.92 Å². The zero-order valence-electron chi connectivity index (χ0n) is 9.53. The van der Waals surface area contributed by atoms with E-state index in [2.05, 4.69) is 0 Å². The second kappa shape index (κ2) is 6.27. The van der Waals surface area contributed by atoms with Crippen LogP contribution in [-0.4, -0.2) is 40.9 Å². The Balaban J connectivity index is 4.62. The van der Waals surface area contributed by atoms with Gasteiger partial charge in [0.1, 0.15) is 0 Å². The van der Waals surface area contributed by atoms with Crippen molar-refractivity contribution in [2.75, 3.05) is 6.16 Å². The van der Waals surface area contributed by atoms with Gasteiger partial charge < -0.3 is 29.4 Å². The Bertz CT molecular complexity index is 381. The lowest BCUT2D eigenvalue weighted by Crippen LogP contribution is -2.12. The molecule has 0 radical (unpaired) electrons. The first-order chi connectivity index (χ1) is 7.73. The van der Waals surface area contributed by atoms with Gasteiger partial charge in [0.15, 0.2) is 5.40 Å². The molecule has 0 aliphatic carbocycles. The molecule has 12 heteroatoms. The minimum absolute atomic E-state index is 0.105. The van der Waals surface area contributed by atoms with Gasteiger partial charge in [-0.25, -0.2) is 0 Å². The van der Waals surface area contributed by atoms with Gasteiger partial charge in [-0.3, -0.25) is 13.7 Å². The van der Waals surface area contributed by atoms with Gasteiger partial charge in [0.2, 0.25) is 0 Å². The summed E-state index contributed by atoms with van der Waals surface area (Å²) in [5.74, 6) is -0.605. The third-order valence-corrected chi connectivity index (χ3v) is 7.22. The summed E-state index contributed by atoms with van der Waals surface area (Å²) in [6.45, 7) is 1.43. The predicted octanol–water partition coefficient (Wildman–Crippen LogP) is 0.262. The molecule has 1 unspecified atom stereocenters. The fraction of sp³-hybridized carbons (Fsp3) is 1.00. The summed E-state index contributed by atoms with van der Waals surface area (Å²) in [5.41, 5.74) is 0. The van der Waals surface area contributed by atoms with E-state index in [9.17, 15) is 13.7 Å². The maximum absolute atomic E-state index is 10.9. The van der Waals surface area contributed by atoms with Crippen molar-refractivity contribution in [3.63, 3.8) is 0 Å².